The number of fused-ring (bicyclic) bond motifs is 1. The third kappa shape index (κ3) is 0.372. The third-order valence-corrected chi connectivity index (χ3v) is 4.11. The van der Waals surface area contributed by atoms with Gasteiger partial charge in [-0.2, -0.15) is 0 Å². The molecule has 10 heavy (non-hydrogen) atoms. The lowest BCUT2D eigenvalue weighted by Gasteiger charge is -1.92. The Balaban J connectivity index is 1.84. The average Bonchev–Trinajstić information content (AvgIpc) is 2.66. The minimum absolute atomic E-state index is 0.846. The second-order valence-corrected chi connectivity index (χ2v) is 4.72. The largest absolute Gasteiger partial charge is 0.0998 e. The Hall–Kier alpha value is -0.260. The molecular weight excluding hydrogens is 120 g/mol. The van der Waals surface area contributed by atoms with Crippen molar-refractivity contribution >= 4 is 0 Å². The van der Waals surface area contributed by atoms with Crippen LogP contribution in [0.25, 0.3) is 0 Å². The summed E-state index contributed by atoms with van der Waals surface area (Å²) in [6.45, 7) is 6.25. The van der Waals surface area contributed by atoms with Gasteiger partial charge in [-0.05, 0) is 49.4 Å². The summed E-state index contributed by atoms with van der Waals surface area (Å²) in [4.78, 5) is 0. The summed E-state index contributed by atoms with van der Waals surface area (Å²) in [6.07, 6.45) is 6.12. The van der Waals surface area contributed by atoms with Crippen molar-refractivity contribution in [3.8, 4) is 0 Å². The van der Waals surface area contributed by atoms with Gasteiger partial charge in [0.25, 0.3) is 0 Å². The van der Waals surface area contributed by atoms with E-state index in [0.717, 1.165) is 16.7 Å². The smallest absolute Gasteiger partial charge is 0.0141 e. The van der Waals surface area contributed by atoms with E-state index < -0.39 is 0 Å². The molecule has 0 N–H and O–H groups in total. The highest BCUT2D eigenvalue weighted by atomic mass is 14.9. The van der Waals surface area contributed by atoms with E-state index in [0.29, 0.717) is 0 Å². The van der Waals surface area contributed by atoms with Crippen molar-refractivity contribution in [1.29, 1.82) is 0 Å². The number of hydrogen-bond acceptors (Lipinski definition) is 0. The zero-order valence-electron chi connectivity index (χ0n) is 6.61. The minimum Gasteiger partial charge on any atom is -0.0998 e. The van der Waals surface area contributed by atoms with E-state index in [4.69, 9.17) is 0 Å². The lowest BCUT2D eigenvalue weighted by atomic mass is 10.1. The summed E-state index contributed by atoms with van der Waals surface area (Å²) in [5.74, 6) is 0.940. The molecule has 0 radical (unpaired) electrons. The molecule has 0 amide bonds. The molecule has 2 atom stereocenters. The fourth-order valence-corrected chi connectivity index (χ4v) is 3.12. The molecule has 0 aromatic carbocycles. The van der Waals surface area contributed by atoms with Crippen molar-refractivity contribution in [3.63, 3.8) is 0 Å². The molecule has 3 saturated carbocycles. The molecule has 2 spiro atoms. The van der Waals surface area contributed by atoms with Crippen molar-refractivity contribution in [2.24, 2.45) is 16.7 Å². The summed E-state index contributed by atoms with van der Waals surface area (Å²) >= 11 is 0. The summed E-state index contributed by atoms with van der Waals surface area (Å²) in [6, 6.07) is 0. The summed E-state index contributed by atoms with van der Waals surface area (Å²) < 4.78 is 0. The van der Waals surface area contributed by atoms with Gasteiger partial charge in [0.1, 0.15) is 0 Å². The van der Waals surface area contributed by atoms with Crippen LogP contribution in [0.1, 0.15) is 32.6 Å². The molecule has 2 unspecified atom stereocenters. The SMILES string of the molecule is C=C(C)C1CC12CC21CC1. The first-order valence-electron chi connectivity index (χ1n) is 4.36. The lowest BCUT2D eigenvalue weighted by Crippen LogP contribution is -1.84. The maximum Gasteiger partial charge on any atom is -0.0141 e. The maximum absolute atomic E-state index is 4.05. The van der Waals surface area contributed by atoms with Crippen LogP contribution in [0, 0.1) is 16.7 Å². The van der Waals surface area contributed by atoms with Crippen LogP contribution in [0.15, 0.2) is 12.2 Å². The average molecular weight is 134 g/mol. The molecule has 3 rings (SSSR count). The molecule has 3 fully saturated rings. The normalized spacial score (nSPS) is 51.5. The predicted molar refractivity (Wildman–Crippen MR) is 41.6 cm³/mol. The van der Waals surface area contributed by atoms with Gasteiger partial charge in [0.2, 0.25) is 0 Å². The van der Waals surface area contributed by atoms with Crippen LogP contribution in [-0.4, -0.2) is 0 Å². The molecule has 0 saturated heterocycles. The van der Waals surface area contributed by atoms with Crippen LogP contribution in [0.3, 0.4) is 0 Å². The van der Waals surface area contributed by atoms with Crippen molar-refractivity contribution in [1.82, 2.24) is 0 Å². The van der Waals surface area contributed by atoms with Gasteiger partial charge < -0.3 is 0 Å². The van der Waals surface area contributed by atoms with E-state index in [-0.39, 0.29) is 0 Å². The van der Waals surface area contributed by atoms with Crippen LogP contribution in [0.5, 0.6) is 0 Å². The second-order valence-electron chi connectivity index (χ2n) is 4.72. The Morgan fingerprint density at radius 3 is 2.50 bits per heavy atom. The van der Waals surface area contributed by atoms with Crippen LogP contribution < -0.4 is 0 Å². The highest BCUT2D eigenvalue weighted by molar-refractivity contribution is 5.37. The molecule has 0 heterocycles. The van der Waals surface area contributed by atoms with E-state index in [2.05, 4.69) is 13.5 Å². The Labute approximate surface area is 62.3 Å². The third-order valence-electron chi connectivity index (χ3n) is 4.11. The van der Waals surface area contributed by atoms with Crippen molar-refractivity contribution in [3.05, 3.63) is 12.2 Å². The van der Waals surface area contributed by atoms with Crippen molar-refractivity contribution in [2.45, 2.75) is 32.6 Å². The topological polar surface area (TPSA) is 0 Å². The first-order valence-corrected chi connectivity index (χ1v) is 4.36. The molecule has 3 aliphatic carbocycles. The Bertz CT molecular complexity index is 222. The Kier molecular flexibility index (Phi) is 0.598. The van der Waals surface area contributed by atoms with E-state index in [1.165, 1.54) is 24.8 Å². The molecule has 54 valence electrons. The van der Waals surface area contributed by atoms with Gasteiger partial charge in [0.05, 0.1) is 0 Å². The monoisotopic (exact) mass is 134 g/mol. The van der Waals surface area contributed by atoms with Crippen LogP contribution in [-0.2, 0) is 0 Å². The van der Waals surface area contributed by atoms with Gasteiger partial charge in [-0.15, -0.1) is 0 Å². The molecule has 0 aliphatic heterocycles. The van der Waals surface area contributed by atoms with Gasteiger partial charge in [-0.25, -0.2) is 0 Å². The maximum atomic E-state index is 4.05. The number of allylic oxidation sites excluding steroid dienone is 1. The molecule has 0 bridgehead atoms. The zero-order valence-corrected chi connectivity index (χ0v) is 6.61. The Morgan fingerprint density at radius 2 is 2.20 bits per heavy atom. The lowest BCUT2D eigenvalue weighted by molar-refractivity contribution is 0.667. The number of rotatable bonds is 1. The minimum atomic E-state index is 0.846. The molecule has 0 aromatic heterocycles. The van der Waals surface area contributed by atoms with Gasteiger partial charge >= 0.3 is 0 Å². The predicted octanol–water partition coefficient (Wildman–Crippen LogP) is 2.75. The number of hydrogen-bond donors (Lipinski definition) is 0. The highest BCUT2D eigenvalue weighted by Crippen LogP contribution is 2.92. The zero-order chi connectivity index (χ0) is 6.98. The molecule has 0 aromatic rings. The second kappa shape index (κ2) is 1.11. The van der Waals surface area contributed by atoms with E-state index in [9.17, 15) is 0 Å². The quantitative estimate of drug-likeness (QED) is 0.484. The van der Waals surface area contributed by atoms with E-state index in [1.54, 1.807) is 6.42 Å². The fraction of sp³-hybridized carbons (Fsp3) is 0.800. The van der Waals surface area contributed by atoms with Crippen molar-refractivity contribution < 1.29 is 0 Å². The standard InChI is InChI=1S/C10H14/c1-7(2)8-5-10(8)6-9(10)3-4-9/h8H,1,3-6H2,2H3. The van der Waals surface area contributed by atoms with Crippen molar-refractivity contribution in [2.75, 3.05) is 0 Å². The summed E-state index contributed by atoms with van der Waals surface area (Å²) in [5.41, 5.74) is 3.19. The van der Waals surface area contributed by atoms with E-state index >= 15 is 0 Å². The summed E-state index contributed by atoms with van der Waals surface area (Å²) in [5, 5.41) is 0. The van der Waals surface area contributed by atoms with Crippen LogP contribution >= 0.6 is 0 Å². The Morgan fingerprint density at radius 1 is 1.50 bits per heavy atom. The highest BCUT2D eigenvalue weighted by Gasteiger charge is 2.83. The molecule has 0 nitrogen and oxygen atoms in total. The van der Waals surface area contributed by atoms with Crippen LogP contribution in [0.4, 0.5) is 0 Å². The first-order chi connectivity index (χ1) is 4.70. The molecule has 0 heteroatoms. The summed E-state index contributed by atoms with van der Waals surface area (Å²) in [7, 11) is 0. The van der Waals surface area contributed by atoms with E-state index in [1.807, 2.05) is 0 Å². The van der Waals surface area contributed by atoms with Gasteiger partial charge in [-0.3, -0.25) is 0 Å². The fourth-order valence-electron chi connectivity index (χ4n) is 3.12. The van der Waals surface area contributed by atoms with Crippen LogP contribution in [0.2, 0.25) is 0 Å². The van der Waals surface area contributed by atoms with Gasteiger partial charge in [0.15, 0.2) is 0 Å². The molecular formula is C10H14. The first kappa shape index (κ1) is 5.40. The molecule has 3 aliphatic rings. The van der Waals surface area contributed by atoms with Gasteiger partial charge in [0, 0.05) is 0 Å². The van der Waals surface area contributed by atoms with Gasteiger partial charge in [-0.1, -0.05) is 12.2 Å².